The Balaban J connectivity index is 1.98. The Hall–Kier alpha value is -3.16. The van der Waals surface area contributed by atoms with Gasteiger partial charge < -0.3 is 14.4 Å². The molecule has 0 amide bonds. The Bertz CT molecular complexity index is 762. The summed E-state index contributed by atoms with van der Waals surface area (Å²) in [6.45, 7) is 0.0232. The molecule has 0 aliphatic heterocycles. The molecule has 2 rings (SSSR count). The van der Waals surface area contributed by atoms with Gasteiger partial charge in [0, 0.05) is 26.2 Å². The van der Waals surface area contributed by atoms with Crippen molar-refractivity contribution >= 4 is 17.3 Å². The highest BCUT2D eigenvalue weighted by molar-refractivity contribution is 5.96. The van der Waals surface area contributed by atoms with Crippen LogP contribution in [0.1, 0.15) is 10.4 Å². The molecule has 0 heterocycles. The summed E-state index contributed by atoms with van der Waals surface area (Å²) < 4.78 is 23.2. The third-order valence-electron chi connectivity index (χ3n) is 3.29. The molecule has 0 fully saturated rings. The number of rotatable bonds is 7. The SMILES string of the molecule is CN(C)c1ccc([N+](=O)[O-])cc1C(=O)OCCOc1ccc(F)cc1. The molecule has 25 heavy (non-hydrogen) atoms. The molecule has 0 N–H and O–H groups in total. The lowest BCUT2D eigenvalue weighted by molar-refractivity contribution is -0.384. The predicted molar refractivity (Wildman–Crippen MR) is 89.6 cm³/mol. The Morgan fingerprint density at radius 1 is 1.16 bits per heavy atom. The van der Waals surface area contributed by atoms with E-state index in [0.717, 1.165) is 0 Å². The van der Waals surface area contributed by atoms with Crippen LogP contribution in [-0.2, 0) is 4.74 Å². The average Bonchev–Trinajstić information content (AvgIpc) is 2.59. The van der Waals surface area contributed by atoms with E-state index < -0.39 is 10.9 Å². The van der Waals surface area contributed by atoms with Crippen LogP contribution in [-0.4, -0.2) is 38.2 Å². The van der Waals surface area contributed by atoms with Gasteiger partial charge in [0.1, 0.15) is 24.8 Å². The minimum Gasteiger partial charge on any atom is -0.490 e. The first-order chi connectivity index (χ1) is 11.9. The summed E-state index contributed by atoms with van der Waals surface area (Å²) in [6.07, 6.45) is 0. The van der Waals surface area contributed by atoms with Crippen LogP contribution in [0.15, 0.2) is 42.5 Å². The number of hydrogen-bond donors (Lipinski definition) is 0. The number of non-ortho nitro benzene ring substituents is 1. The molecular formula is C17H17FN2O5. The summed E-state index contributed by atoms with van der Waals surface area (Å²) in [4.78, 5) is 24.2. The maximum atomic E-state index is 12.8. The summed E-state index contributed by atoms with van der Waals surface area (Å²) in [7, 11) is 3.44. The molecule has 2 aromatic carbocycles. The molecule has 0 saturated carbocycles. The smallest absolute Gasteiger partial charge is 0.340 e. The zero-order chi connectivity index (χ0) is 18.4. The molecule has 0 unspecified atom stereocenters. The molecule has 0 atom stereocenters. The van der Waals surface area contributed by atoms with E-state index in [1.54, 1.807) is 19.0 Å². The summed E-state index contributed by atoms with van der Waals surface area (Å²) in [5, 5.41) is 10.9. The maximum Gasteiger partial charge on any atom is 0.340 e. The zero-order valence-corrected chi connectivity index (χ0v) is 13.8. The van der Waals surface area contributed by atoms with Crippen LogP contribution in [0.4, 0.5) is 15.8 Å². The molecule has 0 aliphatic rings. The normalized spacial score (nSPS) is 10.2. The maximum absolute atomic E-state index is 12.8. The first-order valence-corrected chi connectivity index (χ1v) is 7.39. The van der Waals surface area contributed by atoms with Gasteiger partial charge in [-0.1, -0.05) is 0 Å². The van der Waals surface area contributed by atoms with E-state index in [1.807, 2.05) is 0 Å². The second kappa shape index (κ2) is 8.09. The molecule has 2 aromatic rings. The summed E-state index contributed by atoms with van der Waals surface area (Å²) in [5.74, 6) is -0.613. The first kappa shape index (κ1) is 18.2. The number of nitro benzene ring substituents is 1. The van der Waals surface area contributed by atoms with Gasteiger partial charge in [-0.2, -0.15) is 0 Å². The van der Waals surface area contributed by atoms with Crippen LogP contribution >= 0.6 is 0 Å². The summed E-state index contributed by atoms with van der Waals surface area (Å²) >= 11 is 0. The molecule has 0 aliphatic carbocycles. The predicted octanol–water partition coefficient (Wildman–Crippen LogP) is 3.04. The van der Waals surface area contributed by atoms with E-state index in [-0.39, 0.29) is 30.3 Å². The molecular weight excluding hydrogens is 331 g/mol. The molecule has 0 aromatic heterocycles. The number of halogens is 1. The second-order valence-electron chi connectivity index (χ2n) is 5.29. The van der Waals surface area contributed by atoms with Crippen molar-refractivity contribution in [3.63, 3.8) is 0 Å². The summed E-state index contributed by atoms with van der Waals surface area (Å²) in [6, 6.07) is 9.43. The molecule has 0 bridgehead atoms. The number of esters is 1. The molecule has 132 valence electrons. The van der Waals surface area contributed by atoms with Crippen LogP contribution in [0.5, 0.6) is 5.75 Å². The molecule has 0 spiro atoms. The Morgan fingerprint density at radius 2 is 1.84 bits per heavy atom. The van der Waals surface area contributed by atoms with E-state index in [4.69, 9.17) is 9.47 Å². The number of carbonyl (C=O) groups is 1. The topological polar surface area (TPSA) is 81.9 Å². The van der Waals surface area contributed by atoms with E-state index >= 15 is 0 Å². The number of nitro groups is 1. The minimum absolute atomic E-state index is 0.0498. The first-order valence-electron chi connectivity index (χ1n) is 7.39. The standard InChI is InChI=1S/C17H17FN2O5/c1-19(2)16-8-5-13(20(22)23)11-15(16)17(21)25-10-9-24-14-6-3-12(18)4-7-14/h3-8,11H,9-10H2,1-2H3. The van der Waals surface area contributed by atoms with Crippen LogP contribution < -0.4 is 9.64 Å². The lowest BCUT2D eigenvalue weighted by Gasteiger charge is -2.16. The van der Waals surface area contributed by atoms with Gasteiger partial charge in [-0.25, -0.2) is 9.18 Å². The van der Waals surface area contributed by atoms with E-state index in [1.165, 1.54) is 42.5 Å². The number of ether oxygens (including phenoxy) is 2. The van der Waals surface area contributed by atoms with Gasteiger partial charge in [-0.15, -0.1) is 0 Å². The van der Waals surface area contributed by atoms with Crippen molar-refractivity contribution in [2.75, 3.05) is 32.2 Å². The van der Waals surface area contributed by atoms with Crippen molar-refractivity contribution < 1.29 is 23.6 Å². The van der Waals surface area contributed by atoms with E-state index in [2.05, 4.69) is 0 Å². The lowest BCUT2D eigenvalue weighted by atomic mass is 10.1. The van der Waals surface area contributed by atoms with Gasteiger partial charge in [-0.05, 0) is 30.3 Å². The quantitative estimate of drug-likeness (QED) is 0.331. The van der Waals surface area contributed by atoms with Crippen molar-refractivity contribution in [3.8, 4) is 5.75 Å². The third-order valence-corrected chi connectivity index (χ3v) is 3.29. The monoisotopic (exact) mass is 348 g/mol. The fourth-order valence-electron chi connectivity index (χ4n) is 2.09. The Kier molecular flexibility index (Phi) is 5.89. The van der Waals surface area contributed by atoms with Gasteiger partial charge in [0.25, 0.3) is 5.69 Å². The largest absolute Gasteiger partial charge is 0.490 e. The number of benzene rings is 2. The van der Waals surface area contributed by atoms with Gasteiger partial charge >= 0.3 is 5.97 Å². The van der Waals surface area contributed by atoms with Gasteiger partial charge in [-0.3, -0.25) is 10.1 Å². The molecule has 0 radical (unpaired) electrons. The highest BCUT2D eigenvalue weighted by atomic mass is 19.1. The fourth-order valence-corrected chi connectivity index (χ4v) is 2.09. The van der Waals surface area contributed by atoms with Crippen molar-refractivity contribution in [2.24, 2.45) is 0 Å². The zero-order valence-electron chi connectivity index (χ0n) is 13.8. The average molecular weight is 348 g/mol. The van der Waals surface area contributed by atoms with Crippen molar-refractivity contribution in [1.82, 2.24) is 0 Å². The van der Waals surface area contributed by atoms with E-state index in [9.17, 15) is 19.3 Å². The Morgan fingerprint density at radius 3 is 2.44 bits per heavy atom. The van der Waals surface area contributed by atoms with Crippen LogP contribution in [0, 0.1) is 15.9 Å². The number of anilines is 1. The van der Waals surface area contributed by atoms with Crippen molar-refractivity contribution in [1.29, 1.82) is 0 Å². The van der Waals surface area contributed by atoms with Gasteiger partial charge in [0.15, 0.2) is 0 Å². The molecule has 0 saturated heterocycles. The molecule has 8 heteroatoms. The van der Waals surface area contributed by atoms with Gasteiger partial charge in [0.05, 0.1) is 16.2 Å². The second-order valence-corrected chi connectivity index (χ2v) is 5.29. The lowest BCUT2D eigenvalue weighted by Crippen LogP contribution is -2.17. The van der Waals surface area contributed by atoms with Gasteiger partial charge in [0.2, 0.25) is 0 Å². The number of hydrogen-bond acceptors (Lipinski definition) is 6. The Labute approximate surface area is 143 Å². The summed E-state index contributed by atoms with van der Waals surface area (Å²) in [5.41, 5.74) is 0.413. The van der Waals surface area contributed by atoms with E-state index in [0.29, 0.717) is 11.4 Å². The number of nitrogens with zero attached hydrogens (tertiary/aromatic N) is 2. The fraction of sp³-hybridized carbons (Fsp3) is 0.235. The highest BCUT2D eigenvalue weighted by Crippen LogP contribution is 2.25. The minimum atomic E-state index is -0.685. The number of carbonyl (C=O) groups excluding carboxylic acids is 1. The van der Waals surface area contributed by atoms with Crippen molar-refractivity contribution in [3.05, 3.63) is 64.0 Å². The van der Waals surface area contributed by atoms with Crippen LogP contribution in [0.3, 0.4) is 0 Å². The van der Waals surface area contributed by atoms with Crippen LogP contribution in [0.25, 0.3) is 0 Å². The van der Waals surface area contributed by atoms with Crippen molar-refractivity contribution in [2.45, 2.75) is 0 Å². The third kappa shape index (κ3) is 4.90. The molecule has 7 nitrogen and oxygen atoms in total. The highest BCUT2D eigenvalue weighted by Gasteiger charge is 2.19. The van der Waals surface area contributed by atoms with Crippen LogP contribution in [0.2, 0.25) is 0 Å².